The van der Waals surface area contributed by atoms with Crippen LogP contribution in [0.25, 0.3) is 0 Å². The summed E-state index contributed by atoms with van der Waals surface area (Å²) in [5, 5.41) is 0. The van der Waals surface area contributed by atoms with Crippen LogP contribution < -0.4 is 17.0 Å². The van der Waals surface area contributed by atoms with Gasteiger partial charge >= 0.3 is 0 Å². The van der Waals surface area contributed by atoms with Crippen molar-refractivity contribution in [3.05, 3.63) is 30.1 Å². The SMILES string of the molecule is CCCCCCCCCCCCCC[n+]1ccc(CCCCCCCCCCCCC)cc1.[Cl-]. The normalized spacial score (nSPS) is 11.0. The standard InChI is InChI=1S/C32H60N.ClH/c1-3-5-7-9-11-13-15-17-19-21-23-25-29-33-30-27-32(28-31-33)26-24-22-20-18-16-14-12-10-8-6-4-2;/h27-28,30-31H,3-26,29H2,1-2H3;1H/q+1;/p-1. The molecule has 1 aromatic rings. The Morgan fingerprint density at radius 2 is 0.765 bits per heavy atom. The molecule has 0 saturated carbocycles. The van der Waals surface area contributed by atoms with Gasteiger partial charge in [-0.2, -0.15) is 0 Å². The number of rotatable bonds is 25. The quantitative estimate of drug-likeness (QED) is 0.0978. The van der Waals surface area contributed by atoms with Crippen LogP contribution in [0.3, 0.4) is 0 Å². The Morgan fingerprint density at radius 1 is 0.441 bits per heavy atom. The van der Waals surface area contributed by atoms with Crippen LogP contribution in [0, 0.1) is 0 Å². The molecule has 0 aliphatic heterocycles. The third-order valence-corrected chi connectivity index (χ3v) is 7.30. The fourth-order valence-corrected chi connectivity index (χ4v) is 4.93. The highest BCUT2D eigenvalue weighted by atomic mass is 35.5. The minimum atomic E-state index is 0. The Labute approximate surface area is 221 Å². The maximum atomic E-state index is 2.39. The first-order valence-corrected chi connectivity index (χ1v) is 15.3. The summed E-state index contributed by atoms with van der Waals surface area (Å²) in [6, 6.07) is 4.72. The first-order chi connectivity index (χ1) is 16.4. The van der Waals surface area contributed by atoms with Crippen LogP contribution in [-0.2, 0) is 13.0 Å². The van der Waals surface area contributed by atoms with Crippen LogP contribution in [0.4, 0.5) is 0 Å². The molecule has 0 aliphatic rings. The number of pyridine rings is 1. The van der Waals surface area contributed by atoms with E-state index in [4.69, 9.17) is 0 Å². The van der Waals surface area contributed by atoms with E-state index in [1.54, 1.807) is 0 Å². The predicted octanol–water partition coefficient (Wildman–Crippen LogP) is 7.53. The summed E-state index contributed by atoms with van der Waals surface area (Å²) in [7, 11) is 0. The second kappa shape index (κ2) is 27.0. The van der Waals surface area contributed by atoms with Crippen molar-refractivity contribution in [1.82, 2.24) is 0 Å². The molecule has 0 amide bonds. The van der Waals surface area contributed by atoms with Crippen molar-refractivity contribution in [1.29, 1.82) is 0 Å². The largest absolute Gasteiger partial charge is 1.00 e. The highest BCUT2D eigenvalue weighted by Crippen LogP contribution is 2.13. The van der Waals surface area contributed by atoms with Crippen LogP contribution >= 0.6 is 0 Å². The zero-order valence-corrected chi connectivity index (χ0v) is 24.1. The van der Waals surface area contributed by atoms with Gasteiger partial charge in [0, 0.05) is 18.6 Å². The van der Waals surface area contributed by atoms with Crippen LogP contribution in [0.5, 0.6) is 0 Å². The van der Waals surface area contributed by atoms with Gasteiger partial charge in [0.2, 0.25) is 0 Å². The second-order valence-electron chi connectivity index (χ2n) is 10.6. The zero-order valence-electron chi connectivity index (χ0n) is 23.3. The van der Waals surface area contributed by atoms with E-state index in [0.29, 0.717) is 0 Å². The molecule has 1 rings (SSSR count). The number of aryl methyl sites for hydroxylation is 2. The van der Waals surface area contributed by atoms with Crippen molar-refractivity contribution in [2.75, 3.05) is 0 Å². The molecule has 0 unspecified atom stereocenters. The van der Waals surface area contributed by atoms with E-state index in [1.807, 2.05) is 0 Å². The molecule has 34 heavy (non-hydrogen) atoms. The van der Waals surface area contributed by atoms with Crippen molar-refractivity contribution >= 4 is 0 Å². The molecule has 0 spiro atoms. The number of halogens is 1. The number of hydrogen-bond acceptors (Lipinski definition) is 0. The van der Waals surface area contributed by atoms with Crippen LogP contribution in [0.1, 0.15) is 167 Å². The molecule has 0 saturated heterocycles. The highest BCUT2D eigenvalue weighted by Gasteiger charge is 2.02. The molecule has 0 fully saturated rings. The van der Waals surface area contributed by atoms with Crippen molar-refractivity contribution in [3.63, 3.8) is 0 Å². The lowest BCUT2D eigenvalue weighted by atomic mass is 10.0. The maximum absolute atomic E-state index is 2.39. The monoisotopic (exact) mass is 493 g/mol. The van der Waals surface area contributed by atoms with Crippen molar-refractivity contribution < 1.29 is 17.0 Å². The third kappa shape index (κ3) is 21.9. The topological polar surface area (TPSA) is 3.88 Å². The summed E-state index contributed by atoms with van der Waals surface area (Å²) in [6.07, 6.45) is 38.7. The average Bonchev–Trinajstić information content (AvgIpc) is 2.84. The number of hydrogen-bond donors (Lipinski definition) is 0. The van der Waals surface area contributed by atoms with Crippen molar-refractivity contribution in [3.8, 4) is 0 Å². The summed E-state index contributed by atoms with van der Waals surface area (Å²) >= 11 is 0. The van der Waals surface area contributed by atoms with Gasteiger partial charge in [-0.15, -0.1) is 0 Å². The fraction of sp³-hybridized carbons (Fsp3) is 0.844. The zero-order chi connectivity index (χ0) is 23.7. The average molecular weight is 494 g/mol. The molecule has 0 radical (unpaired) electrons. The fourth-order valence-electron chi connectivity index (χ4n) is 4.93. The van der Waals surface area contributed by atoms with Gasteiger partial charge in [-0.25, -0.2) is 4.57 Å². The van der Waals surface area contributed by atoms with E-state index in [1.165, 1.54) is 166 Å². The van der Waals surface area contributed by atoms with E-state index < -0.39 is 0 Å². The van der Waals surface area contributed by atoms with Crippen molar-refractivity contribution in [2.24, 2.45) is 0 Å². The molecule has 0 atom stereocenters. The van der Waals surface area contributed by atoms with Gasteiger partial charge in [-0.05, 0) is 24.8 Å². The van der Waals surface area contributed by atoms with E-state index in [-0.39, 0.29) is 12.4 Å². The molecule has 1 nitrogen and oxygen atoms in total. The van der Waals surface area contributed by atoms with Gasteiger partial charge in [-0.3, -0.25) is 0 Å². The van der Waals surface area contributed by atoms with Gasteiger partial charge < -0.3 is 12.4 Å². The molecule has 1 heterocycles. The molecule has 200 valence electrons. The molecule has 1 aromatic heterocycles. The minimum Gasteiger partial charge on any atom is -1.00 e. The number of unbranched alkanes of at least 4 members (excludes halogenated alkanes) is 21. The summed E-state index contributed by atoms with van der Waals surface area (Å²) in [5.41, 5.74) is 1.52. The van der Waals surface area contributed by atoms with Crippen LogP contribution in [0.15, 0.2) is 24.5 Å². The van der Waals surface area contributed by atoms with E-state index in [0.717, 1.165) is 0 Å². The lowest BCUT2D eigenvalue weighted by Gasteiger charge is -2.04. The predicted molar refractivity (Wildman–Crippen MR) is 148 cm³/mol. The van der Waals surface area contributed by atoms with Gasteiger partial charge in [0.15, 0.2) is 12.4 Å². The molecule has 0 aliphatic carbocycles. The summed E-state index contributed by atoms with van der Waals surface area (Å²) in [4.78, 5) is 0. The van der Waals surface area contributed by atoms with Crippen molar-refractivity contribution in [2.45, 2.75) is 174 Å². The Bertz CT molecular complexity index is 498. The van der Waals surface area contributed by atoms with Gasteiger partial charge in [0.25, 0.3) is 0 Å². The Balaban J connectivity index is 0.0000109. The smallest absolute Gasteiger partial charge is 0.169 e. The maximum Gasteiger partial charge on any atom is 0.169 e. The Hall–Kier alpha value is -0.560. The lowest BCUT2D eigenvalue weighted by molar-refractivity contribution is -0.697. The summed E-state index contributed by atoms with van der Waals surface area (Å²) < 4.78 is 2.39. The van der Waals surface area contributed by atoms with Crippen LogP contribution in [-0.4, -0.2) is 0 Å². The lowest BCUT2D eigenvalue weighted by Crippen LogP contribution is -3.00. The van der Waals surface area contributed by atoms with E-state index >= 15 is 0 Å². The first kappa shape index (κ1) is 33.4. The van der Waals surface area contributed by atoms with Gasteiger partial charge in [0.1, 0.15) is 6.54 Å². The second-order valence-corrected chi connectivity index (χ2v) is 10.6. The van der Waals surface area contributed by atoms with Crippen LogP contribution in [0.2, 0.25) is 0 Å². The Morgan fingerprint density at radius 3 is 1.15 bits per heavy atom. The number of aromatic nitrogens is 1. The molecule has 2 heteroatoms. The van der Waals surface area contributed by atoms with E-state index in [9.17, 15) is 0 Å². The van der Waals surface area contributed by atoms with Gasteiger partial charge in [0.05, 0.1) is 0 Å². The molecule has 0 bridgehead atoms. The minimum absolute atomic E-state index is 0. The Kier molecular flexibility index (Phi) is 26.6. The van der Waals surface area contributed by atoms with Gasteiger partial charge in [-0.1, -0.05) is 142 Å². The third-order valence-electron chi connectivity index (χ3n) is 7.30. The number of nitrogens with zero attached hydrogens (tertiary/aromatic N) is 1. The molecule has 0 N–H and O–H groups in total. The molecule has 0 aromatic carbocycles. The first-order valence-electron chi connectivity index (χ1n) is 15.3. The summed E-state index contributed by atoms with van der Waals surface area (Å²) in [5.74, 6) is 0. The summed E-state index contributed by atoms with van der Waals surface area (Å²) in [6.45, 7) is 5.79. The van der Waals surface area contributed by atoms with E-state index in [2.05, 4.69) is 42.9 Å². The molecular weight excluding hydrogens is 434 g/mol. The molecular formula is C32H60ClN. The highest BCUT2D eigenvalue weighted by molar-refractivity contribution is 5.07.